The maximum absolute atomic E-state index is 12.9. The number of allylic oxidation sites excluding steroid dienone is 14. The molecule has 0 spiro atoms. The van der Waals surface area contributed by atoms with Crippen LogP contribution in [0.1, 0.15) is 335 Å². The number of hydrogen-bond acceptors (Lipinski definition) is 6. The highest BCUT2D eigenvalue weighted by atomic mass is 16.6. The molecule has 0 saturated carbocycles. The highest BCUT2D eigenvalue weighted by Gasteiger charge is 2.19. The lowest BCUT2D eigenvalue weighted by Gasteiger charge is -2.18. The van der Waals surface area contributed by atoms with Gasteiger partial charge in [0, 0.05) is 19.3 Å². The Morgan fingerprint density at radius 2 is 0.500 bits per heavy atom. The summed E-state index contributed by atoms with van der Waals surface area (Å²) in [4.78, 5) is 38.4. The molecule has 0 fully saturated rings. The second-order valence-electron chi connectivity index (χ2n) is 22.3. The van der Waals surface area contributed by atoms with Crippen molar-refractivity contribution in [1.29, 1.82) is 0 Å². The van der Waals surface area contributed by atoms with Crippen LogP contribution in [0.4, 0.5) is 0 Å². The Morgan fingerprint density at radius 3 is 0.795 bits per heavy atom. The summed E-state index contributed by atoms with van der Waals surface area (Å²) in [5.74, 6) is -0.889. The standard InChI is InChI=1S/C72H126O6/c1-4-7-10-13-16-19-22-25-28-31-32-33-34-35-36-37-38-39-40-42-44-47-50-53-56-59-62-65-71(74)77-68-69(67-76-70(73)64-61-58-55-52-49-46-43-30-27-24-21-18-15-12-9-6-3)78-72(75)66-63-60-57-54-51-48-45-41-29-26-23-20-17-14-11-8-5-2/h8,11,17,20,22,25-26,29-32,34-35,43,69H,4-7,9-10,12-16,18-19,21,23-24,27-28,33,36-42,44-68H2,1-3H3/b11-8-,20-17-,25-22-,29-26-,32-31-,35-34-,43-30-. The molecule has 450 valence electrons. The van der Waals surface area contributed by atoms with Crippen LogP contribution in [0.5, 0.6) is 0 Å². The lowest BCUT2D eigenvalue weighted by molar-refractivity contribution is -0.167. The number of esters is 3. The van der Waals surface area contributed by atoms with E-state index in [-0.39, 0.29) is 31.1 Å². The van der Waals surface area contributed by atoms with Gasteiger partial charge in [-0.2, -0.15) is 0 Å². The highest BCUT2D eigenvalue weighted by Crippen LogP contribution is 2.16. The zero-order chi connectivity index (χ0) is 56.4. The van der Waals surface area contributed by atoms with Crippen LogP contribution in [-0.2, 0) is 28.6 Å². The quantitative estimate of drug-likeness (QED) is 0.0261. The van der Waals surface area contributed by atoms with Gasteiger partial charge < -0.3 is 14.2 Å². The van der Waals surface area contributed by atoms with E-state index in [1.54, 1.807) is 0 Å². The molecular formula is C72H126O6. The fourth-order valence-corrected chi connectivity index (χ4v) is 9.58. The molecule has 0 aliphatic carbocycles. The summed E-state index contributed by atoms with van der Waals surface area (Å²) >= 11 is 0. The van der Waals surface area contributed by atoms with Crippen molar-refractivity contribution in [3.8, 4) is 0 Å². The molecule has 0 aromatic carbocycles. The SMILES string of the molecule is CC/C=C\C/C=C\C/C=C\CCCCCCCCCC(=O)OC(COC(=O)CCCCCCC/C=C\CCCCCCCCC)COC(=O)CCCCCCCCCCCCCC/C=C\C/C=C\C/C=C\CCCCCCC. The molecule has 78 heavy (non-hydrogen) atoms. The van der Waals surface area contributed by atoms with E-state index >= 15 is 0 Å². The van der Waals surface area contributed by atoms with Gasteiger partial charge in [0.1, 0.15) is 13.2 Å². The predicted molar refractivity (Wildman–Crippen MR) is 339 cm³/mol. The first kappa shape index (κ1) is 74.6. The Balaban J connectivity index is 4.32. The molecule has 0 rings (SSSR count). The molecule has 6 nitrogen and oxygen atoms in total. The number of rotatable bonds is 61. The van der Waals surface area contributed by atoms with Gasteiger partial charge >= 0.3 is 17.9 Å². The minimum atomic E-state index is -0.788. The van der Waals surface area contributed by atoms with E-state index in [0.717, 1.165) is 103 Å². The van der Waals surface area contributed by atoms with Crippen molar-refractivity contribution >= 4 is 17.9 Å². The van der Waals surface area contributed by atoms with E-state index in [0.29, 0.717) is 19.3 Å². The lowest BCUT2D eigenvalue weighted by Crippen LogP contribution is -2.30. The molecule has 1 unspecified atom stereocenters. The molecule has 0 aromatic rings. The van der Waals surface area contributed by atoms with Gasteiger partial charge in [-0.3, -0.25) is 14.4 Å². The van der Waals surface area contributed by atoms with Crippen molar-refractivity contribution < 1.29 is 28.6 Å². The molecule has 0 N–H and O–H groups in total. The zero-order valence-electron chi connectivity index (χ0n) is 51.7. The first-order chi connectivity index (χ1) is 38.5. The van der Waals surface area contributed by atoms with Crippen LogP contribution in [0.25, 0.3) is 0 Å². The number of carbonyl (C=O) groups is 3. The monoisotopic (exact) mass is 1090 g/mol. The van der Waals surface area contributed by atoms with Crippen LogP contribution >= 0.6 is 0 Å². The molecule has 0 bridgehead atoms. The highest BCUT2D eigenvalue weighted by molar-refractivity contribution is 5.71. The largest absolute Gasteiger partial charge is 0.462 e. The fourth-order valence-electron chi connectivity index (χ4n) is 9.58. The van der Waals surface area contributed by atoms with E-state index in [2.05, 4.69) is 106 Å². The summed E-state index contributed by atoms with van der Waals surface area (Å²) in [7, 11) is 0. The van der Waals surface area contributed by atoms with Crippen LogP contribution in [0.2, 0.25) is 0 Å². The first-order valence-electron chi connectivity index (χ1n) is 33.6. The minimum absolute atomic E-state index is 0.0828. The zero-order valence-corrected chi connectivity index (χ0v) is 51.7. The van der Waals surface area contributed by atoms with E-state index in [4.69, 9.17) is 14.2 Å². The Bertz CT molecular complexity index is 1480. The average Bonchev–Trinajstić information content (AvgIpc) is 3.44. The Morgan fingerprint density at radius 1 is 0.269 bits per heavy atom. The van der Waals surface area contributed by atoms with Crippen molar-refractivity contribution in [3.63, 3.8) is 0 Å². The van der Waals surface area contributed by atoms with Gasteiger partial charge in [-0.15, -0.1) is 0 Å². The predicted octanol–water partition coefficient (Wildman–Crippen LogP) is 23.1. The van der Waals surface area contributed by atoms with E-state index in [9.17, 15) is 14.4 Å². The summed E-state index contributed by atoms with van der Waals surface area (Å²) in [6.07, 6.45) is 87.4. The third-order valence-corrected chi connectivity index (χ3v) is 14.6. The molecule has 0 saturated heterocycles. The first-order valence-corrected chi connectivity index (χ1v) is 33.6. The molecule has 0 radical (unpaired) electrons. The molecule has 1 atom stereocenters. The molecule has 0 aliphatic rings. The smallest absolute Gasteiger partial charge is 0.306 e. The second kappa shape index (κ2) is 66.1. The summed E-state index contributed by atoms with van der Waals surface area (Å²) in [5, 5.41) is 0. The number of ether oxygens (including phenoxy) is 3. The summed E-state index contributed by atoms with van der Waals surface area (Å²) < 4.78 is 16.9. The summed E-state index contributed by atoms with van der Waals surface area (Å²) in [6, 6.07) is 0. The van der Waals surface area contributed by atoms with Gasteiger partial charge in [-0.25, -0.2) is 0 Å². The average molecular weight is 1090 g/mol. The molecular weight excluding hydrogens is 961 g/mol. The number of hydrogen-bond donors (Lipinski definition) is 0. The Labute approximate surface area is 484 Å². The number of unbranched alkanes of at least 4 members (excludes halogenated alkanes) is 36. The van der Waals surface area contributed by atoms with Gasteiger partial charge in [-0.1, -0.05) is 286 Å². The van der Waals surface area contributed by atoms with Crippen molar-refractivity contribution in [1.82, 2.24) is 0 Å². The summed E-state index contributed by atoms with van der Waals surface area (Å²) in [6.45, 7) is 6.54. The third kappa shape index (κ3) is 63.4. The van der Waals surface area contributed by atoms with Crippen molar-refractivity contribution in [3.05, 3.63) is 85.1 Å². The molecule has 0 aromatic heterocycles. The van der Waals surface area contributed by atoms with Gasteiger partial charge in [0.15, 0.2) is 6.10 Å². The van der Waals surface area contributed by atoms with Crippen LogP contribution in [-0.4, -0.2) is 37.2 Å². The maximum Gasteiger partial charge on any atom is 0.306 e. The molecule has 0 amide bonds. The van der Waals surface area contributed by atoms with Crippen LogP contribution in [0.3, 0.4) is 0 Å². The topological polar surface area (TPSA) is 78.9 Å². The maximum atomic E-state index is 12.9. The van der Waals surface area contributed by atoms with Crippen LogP contribution in [0.15, 0.2) is 85.1 Å². The Kier molecular flexibility index (Phi) is 63.2. The van der Waals surface area contributed by atoms with E-state index in [1.807, 2.05) is 0 Å². The van der Waals surface area contributed by atoms with Crippen molar-refractivity contribution in [2.75, 3.05) is 13.2 Å². The third-order valence-electron chi connectivity index (χ3n) is 14.6. The van der Waals surface area contributed by atoms with E-state index in [1.165, 1.54) is 193 Å². The molecule has 0 heterocycles. The minimum Gasteiger partial charge on any atom is -0.462 e. The lowest BCUT2D eigenvalue weighted by atomic mass is 10.0. The van der Waals surface area contributed by atoms with Gasteiger partial charge in [0.2, 0.25) is 0 Å². The van der Waals surface area contributed by atoms with Crippen molar-refractivity contribution in [2.45, 2.75) is 341 Å². The van der Waals surface area contributed by atoms with Crippen LogP contribution < -0.4 is 0 Å². The number of carbonyl (C=O) groups excluding carboxylic acids is 3. The van der Waals surface area contributed by atoms with Gasteiger partial charge in [-0.05, 0) is 116 Å². The second-order valence-corrected chi connectivity index (χ2v) is 22.3. The molecule has 6 heteroatoms. The van der Waals surface area contributed by atoms with Gasteiger partial charge in [0.25, 0.3) is 0 Å². The Hall–Kier alpha value is -3.41. The van der Waals surface area contributed by atoms with Crippen LogP contribution in [0, 0.1) is 0 Å². The normalized spacial score (nSPS) is 12.6. The summed E-state index contributed by atoms with van der Waals surface area (Å²) in [5.41, 5.74) is 0. The fraction of sp³-hybridized carbons (Fsp3) is 0.764. The molecule has 0 aliphatic heterocycles. The van der Waals surface area contributed by atoms with E-state index < -0.39 is 6.10 Å². The van der Waals surface area contributed by atoms with Gasteiger partial charge in [0.05, 0.1) is 0 Å². The van der Waals surface area contributed by atoms with Crippen molar-refractivity contribution in [2.24, 2.45) is 0 Å².